The Kier molecular flexibility index (Phi) is 3.25. The van der Waals surface area contributed by atoms with Gasteiger partial charge in [0.2, 0.25) is 0 Å². The fourth-order valence-electron chi connectivity index (χ4n) is 1.86. The minimum absolute atomic E-state index is 0.707. The van der Waals surface area contributed by atoms with Crippen LogP contribution < -0.4 is 4.74 Å². The topological polar surface area (TPSA) is 9.23 Å². The van der Waals surface area contributed by atoms with Gasteiger partial charge >= 0.3 is 0 Å². The lowest BCUT2D eigenvalue weighted by molar-refractivity contribution is 0.338. The third kappa shape index (κ3) is 2.08. The van der Waals surface area contributed by atoms with Gasteiger partial charge in [-0.2, -0.15) is 0 Å². The van der Waals surface area contributed by atoms with Crippen molar-refractivity contribution in [1.82, 2.24) is 0 Å². The summed E-state index contributed by atoms with van der Waals surface area (Å²) in [6, 6.07) is 16.6. The van der Waals surface area contributed by atoms with Crippen molar-refractivity contribution < 1.29 is 4.74 Å². The first-order valence-electron chi connectivity index (χ1n) is 5.60. The van der Waals surface area contributed by atoms with Crippen molar-refractivity contribution in [2.45, 2.75) is 13.8 Å². The summed E-state index contributed by atoms with van der Waals surface area (Å²) < 4.78 is 5.60. The van der Waals surface area contributed by atoms with Crippen LogP contribution in [0.5, 0.6) is 5.75 Å². The van der Waals surface area contributed by atoms with Crippen molar-refractivity contribution in [3.8, 4) is 16.9 Å². The molecular formula is C15H16O. The lowest BCUT2D eigenvalue weighted by atomic mass is 10.00. The van der Waals surface area contributed by atoms with Crippen LogP contribution >= 0.6 is 0 Å². The first-order valence-corrected chi connectivity index (χ1v) is 5.60. The molecule has 2 aromatic rings. The van der Waals surface area contributed by atoms with Crippen molar-refractivity contribution in [3.63, 3.8) is 0 Å². The molecule has 16 heavy (non-hydrogen) atoms. The number of hydrogen-bond acceptors (Lipinski definition) is 1. The zero-order valence-corrected chi connectivity index (χ0v) is 9.73. The van der Waals surface area contributed by atoms with Crippen LogP contribution in [0.4, 0.5) is 0 Å². The van der Waals surface area contributed by atoms with Crippen molar-refractivity contribution in [2.75, 3.05) is 6.61 Å². The maximum atomic E-state index is 5.60. The quantitative estimate of drug-likeness (QED) is 0.745. The first-order chi connectivity index (χ1) is 7.83. The highest BCUT2D eigenvalue weighted by atomic mass is 16.5. The van der Waals surface area contributed by atoms with Crippen LogP contribution in [0.1, 0.15) is 12.5 Å². The van der Waals surface area contributed by atoms with Crippen LogP contribution in [-0.2, 0) is 0 Å². The van der Waals surface area contributed by atoms with Gasteiger partial charge in [0.05, 0.1) is 6.61 Å². The molecule has 0 aliphatic rings. The Morgan fingerprint density at radius 1 is 0.938 bits per heavy atom. The van der Waals surface area contributed by atoms with Crippen LogP contribution in [0, 0.1) is 6.92 Å². The van der Waals surface area contributed by atoms with E-state index in [0.29, 0.717) is 6.61 Å². The second-order valence-electron chi connectivity index (χ2n) is 3.73. The van der Waals surface area contributed by atoms with E-state index in [0.717, 1.165) is 5.75 Å². The zero-order valence-electron chi connectivity index (χ0n) is 9.73. The normalized spacial score (nSPS) is 10.1. The highest BCUT2D eigenvalue weighted by molar-refractivity contribution is 5.69. The molecule has 0 saturated heterocycles. The molecular weight excluding hydrogens is 196 g/mol. The fourth-order valence-corrected chi connectivity index (χ4v) is 1.86. The Balaban J connectivity index is 2.46. The minimum atomic E-state index is 0.707. The first kappa shape index (κ1) is 10.7. The van der Waals surface area contributed by atoms with E-state index in [4.69, 9.17) is 4.74 Å². The Labute approximate surface area is 96.7 Å². The number of rotatable bonds is 3. The van der Waals surface area contributed by atoms with Gasteiger partial charge in [0.15, 0.2) is 0 Å². The van der Waals surface area contributed by atoms with E-state index in [2.05, 4.69) is 37.3 Å². The van der Waals surface area contributed by atoms with Crippen molar-refractivity contribution >= 4 is 0 Å². The second-order valence-corrected chi connectivity index (χ2v) is 3.73. The molecule has 2 rings (SSSR count). The smallest absolute Gasteiger partial charge is 0.122 e. The molecule has 82 valence electrons. The molecule has 0 saturated carbocycles. The molecule has 1 nitrogen and oxygen atoms in total. The maximum absolute atomic E-state index is 5.60. The summed E-state index contributed by atoms with van der Waals surface area (Å²) in [5.74, 6) is 0.976. The summed E-state index contributed by atoms with van der Waals surface area (Å²) in [6.07, 6.45) is 0. The Morgan fingerprint density at radius 3 is 2.38 bits per heavy atom. The molecule has 0 bridgehead atoms. The Bertz CT molecular complexity index is 460. The van der Waals surface area contributed by atoms with Crippen LogP contribution in [-0.4, -0.2) is 6.61 Å². The van der Waals surface area contributed by atoms with E-state index >= 15 is 0 Å². The van der Waals surface area contributed by atoms with Gasteiger partial charge in [0, 0.05) is 0 Å². The molecule has 0 fully saturated rings. The summed E-state index contributed by atoms with van der Waals surface area (Å²) in [4.78, 5) is 0. The molecule has 0 spiro atoms. The van der Waals surface area contributed by atoms with Gasteiger partial charge in [0.25, 0.3) is 0 Å². The summed E-state index contributed by atoms with van der Waals surface area (Å²) in [7, 11) is 0. The molecule has 2 aromatic carbocycles. The van der Waals surface area contributed by atoms with Gasteiger partial charge in [-0.05, 0) is 36.6 Å². The van der Waals surface area contributed by atoms with Gasteiger partial charge in [-0.1, -0.05) is 42.5 Å². The highest BCUT2D eigenvalue weighted by Crippen LogP contribution is 2.29. The monoisotopic (exact) mass is 212 g/mol. The van der Waals surface area contributed by atoms with Crippen molar-refractivity contribution in [3.05, 3.63) is 54.1 Å². The van der Waals surface area contributed by atoms with E-state index in [9.17, 15) is 0 Å². The maximum Gasteiger partial charge on any atom is 0.122 e. The van der Waals surface area contributed by atoms with E-state index in [-0.39, 0.29) is 0 Å². The van der Waals surface area contributed by atoms with Crippen LogP contribution in [0.3, 0.4) is 0 Å². The van der Waals surface area contributed by atoms with Gasteiger partial charge in [0.1, 0.15) is 5.75 Å². The third-order valence-corrected chi connectivity index (χ3v) is 2.67. The molecule has 0 N–H and O–H groups in total. The predicted octanol–water partition coefficient (Wildman–Crippen LogP) is 4.06. The minimum Gasteiger partial charge on any atom is -0.494 e. The standard InChI is InChI=1S/C15H16O/c1-3-16-15-11-7-10-14(12(15)2)13-8-5-4-6-9-13/h4-11H,3H2,1-2H3. The third-order valence-electron chi connectivity index (χ3n) is 2.67. The summed E-state index contributed by atoms with van der Waals surface area (Å²) in [6.45, 7) is 4.82. The van der Waals surface area contributed by atoms with E-state index < -0.39 is 0 Å². The number of hydrogen-bond donors (Lipinski definition) is 0. The van der Waals surface area contributed by atoms with Gasteiger partial charge in [-0.25, -0.2) is 0 Å². The number of benzene rings is 2. The van der Waals surface area contributed by atoms with Crippen LogP contribution in [0.15, 0.2) is 48.5 Å². The average Bonchev–Trinajstić information content (AvgIpc) is 2.33. The molecule has 0 aliphatic heterocycles. The Hall–Kier alpha value is -1.76. The lowest BCUT2D eigenvalue weighted by Gasteiger charge is -2.11. The predicted molar refractivity (Wildman–Crippen MR) is 67.8 cm³/mol. The summed E-state index contributed by atoms with van der Waals surface area (Å²) in [5.41, 5.74) is 3.68. The molecule has 0 radical (unpaired) electrons. The van der Waals surface area contributed by atoms with Gasteiger partial charge in [-0.15, -0.1) is 0 Å². The average molecular weight is 212 g/mol. The molecule has 0 heterocycles. The van der Waals surface area contributed by atoms with E-state index in [1.807, 2.05) is 25.1 Å². The SMILES string of the molecule is CCOc1cccc(-c2ccccc2)c1C. The van der Waals surface area contributed by atoms with Crippen LogP contribution in [0.2, 0.25) is 0 Å². The van der Waals surface area contributed by atoms with E-state index in [1.165, 1.54) is 16.7 Å². The molecule has 0 aliphatic carbocycles. The van der Waals surface area contributed by atoms with Crippen molar-refractivity contribution in [1.29, 1.82) is 0 Å². The number of ether oxygens (including phenoxy) is 1. The molecule has 0 aromatic heterocycles. The highest BCUT2D eigenvalue weighted by Gasteiger charge is 2.05. The van der Waals surface area contributed by atoms with Crippen molar-refractivity contribution in [2.24, 2.45) is 0 Å². The van der Waals surface area contributed by atoms with E-state index in [1.54, 1.807) is 0 Å². The largest absolute Gasteiger partial charge is 0.494 e. The van der Waals surface area contributed by atoms with Gasteiger partial charge in [-0.3, -0.25) is 0 Å². The molecule has 1 heteroatoms. The lowest BCUT2D eigenvalue weighted by Crippen LogP contribution is -1.95. The molecule has 0 atom stereocenters. The Morgan fingerprint density at radius 2 is 1.69 bits per heavy atom. The fraction of sp³-hybridized carbons (Fsp3) is 0.200. The second kappa shape index (κ2) is 4.84. The molecule has 0 amide bonds. The summed E-state index contributed by atoms with van der Waals surface area (Å²) >= 11 is 0. The molecule has 0 unspecified atom stereocenters. The van der Waals surface area contributed by atoms with Crippen LogP contribution in [0.25, 0.3) is 11.1 Å². The summed E-state index contributed by atoms with van der Waals surface area (Å²) in [5, 5.41) is 0. The zero-order chi connectivity index (χ0) is 11.4. The van der Waals surface area contributed by atoms with Gasteiger partial charge < -0.3 is 4.74 Å².